The van der Waals surface area contributed by atoms with E-state index in [4.69, 9.17) is 9.47 Å². The minimum Gasteiger partial charge on any atom is -0.465 e. The van der Waals surface area contributed by atoms with Crippen LogP contribution in [0, 0.1) is 13.8 Å². The average Bonchev–Trinajstić information content (AvgIpc) is 2.77. The number of benzene rings is 2. The van der Waals surface area contributed by atoms with Gasteiger partial charge in [0.15, 0.2) is 0 Å². The molecule has 6 heteroatoms. The first-order valence-corrected chi connectivity index (χ1v) is 11.3. The highest BCUT2D eigenvalue weighted by atomic mass is 16.5. The van der Waals surface area contributed by atoms with Gasteiger partial charge in [0.05, 0.1) is 13.2 Å². The summed E-state index contributed by atoms with van der Waals surface area (Å²) < 4.78 is 10.9. The van der Waals surface area contributed by atoms with Crippen LogP contribution in [0.25, 0.3) is 0 Å². The van der Waals surface area contributed by atoms with Crippen molar-refractivity contribution in [1.29, 1.82) is 0 Å². The average molecular weight is 439 g/mol. The second-order valence-electron chi connectivity index (χ2n) is 8.31. The molecular weight excluding hydrogens is 404 g/mol. The first-order valence-electron chi connectivity index (χ1n) is 11.3. The smallest absolute Gasteiger partial charge is 0.325 e. The van der Waals surface area contributed by atoms with Crippen LogP contribution in [-0.4, -0.2) is 60.1 Å². The van der Waals surface area contributed by atoms with E-state index in [1.54, 1.807) is 13.8 Å². The molecule has 0 spiro atoms. The van der Waals surface area contributed by atoms with Crippen molar-refractivity contribution in [2.24, 2.45) is 0 Å². The largest absolute Gasteiger partial charge is 0.465 e. The molecule has 1 heterocycles. The second kappa shape index (κ2) is 11.2. The zero-order valence-electron chi connectivity index (χ0n) is 19.5. The van der Waals surface area contributed by atoms with Crippen LogP contribution < -0.4 is 0 Å². The Morgan fingerprint density at radius 3 is 1.38 bits per heavy atom. The van der Waals surface area contributed by atoms with E-state index in [0.29, 0.717) is 26.2 Å². The van der Waals surface area contributed by atoms with Gasteiger partial charge in [-0.3, -0.25) is 19.4 Å². The number of esters is 2. The summed E-state index contributed by atoms with van der Waals surface area (Å²) in [5.41, 5.74) is 4.56. The van der Waals surface area contributed by atoms with Crippen molar-refractivity contribution in [3.63, 3.8) is 0 Å². The van der Waals surface area contributed by atoms with Gasteiger partial charge in [0, 0.05) is 26.2 Å². The van der Waals surface area contributed by atoms with Crippen LogP contribution in [0.15, 0.2) is 48.5 Å². The minimum absolute atomic E-state index is 0.265. The predicted molar refractivity (Wildman–Crippen MR) is 124 cm³/mol. The standard InChI is InChI=1S/C26H34N2O4/c1-5-31-25(29)23-24(26(30)32-6-2)28(18-22-13-9-20(4)10-14-22)16-15-27(23)17-21-11-7-19(3)8-12-21/h7-14,23-24H,5-6,15-18H2,1-4H3/t23-,24-/m0/s1. The fraction of sp³-hybridized carbons (Fsp3) is 0.462. The molecule has 6 nitrogen and oxygen atoms in total. The van der Waals surface area contributed by atoms with Gasteiger partial charge in [-0.2, -0.15) is 0 Å². The van der Waals surface area contributed by atoms with Gasteiger partial charge in [-0.1, -0.05) is 59.7 Å². The van der Waals surface area contributed by atoms with Crippen LogP contribution in [0.1, 0.15) is 36.1 Å². The van der Waals surface area contributed by atoms with Gasteiger partial charge in [0.1, 0.15) is 12.1 Å². The SMILES string of the molecule is CCOC(=O)[C@@H]1[C@@H](C(=O)OCC)N(Cc2ccc(C)cc2)CCN1Cc1ccc(C)cc1. The molecule has 32 heavy (non-hydrogen) atoms. The number of carbonyl (C=O) groups is 2. The molecule has 0 aromatic heterocycles. The minimum atomic E-state index is -0.727. The van der Waals surface area contributed by atoms with Crippen LogP contribution >= 0.6 is 0 Å². The molecule has 0 unspecified atom stereocenters. The molecule has 3 rings (SSSR count). The summed E-state index contributed by atoms with van der Waals surface area (Å²) in [4.78, 5) is 30.3. The normalized spacial score (nSPS) is 19.5. The molecule has 2 atom stereocenters. The summed E-state index contributed by atoms with van der Waals surface area (Å²) >= 11 is 0. The number of ether oxygens (including phenoxy) is 2. The maximum absolute atomic E-state index is 13.1. The summed E-state index contributed by atoms with van der Waals surface area (Å²) in [6.07, 6.45) is 0. The number of piperazine rings is 1. The van der Waals surface area contributed by atoms with Crippen molar-refractivity contribution < 1.29 is 19.1 Å². The van der Waals surface area contributed by atoms with Gasteiger partial charge in [-0.05, 0) is 38.8 Å². The molecule has 2 aromatic carbocycles. The lowest BCUT2D eigenvalue weighted by Gasteiger charge is -2.45. The van der Waals surface area contributed by atoms with Crippen molar-refractivity contribution in [1.82, 2.24) is 9.80 Å². The Labute approximate surface area is 191 Å². The quantitative estimate of drug-likeness (QED) is 0.588. The van der Waals surface area contributed by atoms with Gasteiger partial charge >= 0.3 is 11.9 Å². The number of hydrogen-bond acceptors (Lipinski definition) is 6. The third kappa shape index (κ3) is 5.96. The van der Waals surface area contributed by atoms with Crippen LogP contribution in [0.3, 0.4) is 0 Å². The maximum Gasteiger partial charge on any atom is 0.325 e. The van der Waals surface area contributed by atoms with Gasteiger partial charge in [0.25, 0.3) is 0 Å². The van der Waals surface area contributed by atoms with Gasteiger partial charge in [-0.25, -0.2) is 0 Å². The highest BCUT2D eigenvalue weighted by molar-refractivity contribution is 5.87. The van der Waals surface area contributed by atoms with Gasteiger partial charge < -0.3 is 9.47 Å². The third-order valence-electron chi connectivity index (χ3n) is 5.83. The van der Waals surface area contributed by atoms with E-state index < -0.39 is 12.1 Å². The monoisotopic (exact) mass is 438 g/mol. The Hall–Kier alpha value is -2.70. The molecule has 0 aliphatic carbocycles. The topological polar surface area (TPSA) is 59.1 Å². The van der Waals surface area contributed by atoms with Crippen molar-refractivity contribution in [2.75, 3.05) is 26.3 Å². The third-order valence-corrected chi connectivity index (χ3v) is 5.83. The molecule has 0 amide bonds. The zero-order valence-corrected chi connectivity index (χ0v) is 19.5. The molecule has 0 saturated carbocycles. The predicted octanol–water partition coefficient (Wildman–Crippen LogP) is 3.48. The molecule has 0 radical (unpaired) electrons. The van der Waals surface area contributed by atoms with E-state index in [0.717, 1.165) is 11.1 Å². The van der Waals surface area contributed by atoms with Gasteiger partial charge in [-0.15, -0.1) is 0 Å². The number of rotatable bonds is 8. The van der Waals surface area contributed by atoms with Crippen molar-refractivity contribution in [3.8, 4) is 0 Å². The lowest BCUT2D eigenvalue weighted by molar-refractivity contribution is -0.169. The molecule has 172 valence electrons. The lowest BCUT2D eigenvalue weighted by atomic mass is 9.98. The van der Waals surface area contributed by atoms with Crippen molar-refractivity contribution >= 4 is 11.9 Å². The summed E-state index contributed by atoms with van der Waals surface area (Å²) in [6.45, 7) is 10.6. The second-order valence-corrected chi connectivity index (χ2v) is 8.31. The summed E-state index contributed by atoms with van der Waals surface area (Å²) in [5, 5.41) is 0. The molecule has 0 N–H and O–H groups in total. The number of carbonyl (C=O) groups excluding carboxylic acids is 2. The molecular formula is C26H34N2O4. The summed E-state index contributed by atoms with van der Waals surface area (Å²) in [6, 6.07) is 15.0. The molecule has 1 fully saturated rings. The Bertz CT molecular complexity index is 820. The van der Waals surface area contributed by atoms with Crippen molar-refractivity contribution in [3.05, 3.63) is 70.8 Å². The number of hydrogen-bond donors (Lipinski definition) is 0. The summed E-state index contributed by atoms with van der Waals surface area (Å²) in [5.74, 6) is -0.766. The van der Waals surface area contributed by atoms with Crippen LogP contribution in [0.2, 0.25) is 0 Å². The first kappa shape index (κ1) is 24.0. The molecule has 2 aromatic rings. The fourth-order valence-corrected chi connectivity index (χ4v) is 4.16. The van der Waals surface area contributed by atoms with Crippen LogP contribution in [0.4, 0.5) is 0 Å². The lowest BCUT2D eigenvalue weighted by Crippen LogP contribution is -2.65. The Kier molecular flexibility index (Phi) is 8.42. The van der Waals surface area contributed by atoms with Crippen LogP contribution in [-0.2, 0) is 32.2 Å². The summed E-state index contributed by atoms with van der Waals surface area (Å²) in [7, 11) is 0. The number of aryl methyl sites for hydroxylation is 2. The van der Waals surface area contributed by atoms with E-state index >= 15 is 0 Å². The van der Waals surface area contributed by atoms with E-state index in [1.165, 1.54) is 11.1 Å². The maximum atomic E-state index is 13.1. The molecule has 0 bridgehead atoms. The highest BCUT2D eigenvalue weighted by Gasteiger charge is 2.46. The first-order chi connectivity index (χ1) is 15.4. The Balaban J connectivity index is 1.91. The van der Waals surface area contributed by atoms with E-state index in [9.17, 15) is 9.59 Å². The van der Waals surface area contributed by atoms with E-state index in [1.807, 2.05) is 13.8 Å². The molecule has 1 saturated heterocycles. The Morgan fingerprint density at radius 1 is 0.719 bits per heavy atom. The van der Waals surface area contributed by atoms with Crippen LogP contribution in [0.5, 0.6) is 0 Å². The fourth-order valence-electron chi connectivity index (χ4n) is 4.16. The van der Waals surface area contributed by atoms with Gasteiger partial charge in [0.2, 0.25) is 0 Å². The molecule has 1 aliphatic heterocycles. The van der Waals surface area contributed by atoms with E-state index in [2.05, 4.69) is 58.3 Å². The van der Waals surface area contributed by atoms with E-state index in [-0.39, 0.29) is 25.2 Å². The highest BCUT2D eigenvalue weighted by Crippen LogP contribution is 2.25. The molecule has 1 aliphatic rings. The zero-order chi connectivity index (χ0) is 23.1. The Morgan fingerprint density at radius 2 is 1.06 bits per heavy atom. The number of nitrogens with zero attached hydrogens (tertiary/aromatic N) is 2. The van der Waals surface area contributed by atoms with Crippen molar-refractivity contribution in [2.45, 2.75) is 52.9 Å².